The third-order valence-corrected chi connectivity index (χ3v) is 7.48. The molecule has 0 amide bonds. The second kappa shape index (κ2) is 10.2. The predicted molar refractivity (Wildman–Crippen MR) is 146 cm³/mol. The Morgan fingerprint density at radius 3 is 2.41 bits per heavy atom. The summed E-state index contributed by atoms with van der Waals surface area (Å²) < 4.78 is 54.7. The Labute approximate surface area is 223 Å². The van der Waals surface area contributed by atoms with E-state index >= 15 is 0 Å². The number of aromatic nitrogens is 3. The predicted octanol–water partition coefficient (Wildman–Crippen LogP) is 4.71. The summed E-state index contributed by atoms with van der Waals surface area (Å²) in [5, 5.41) is 0.505. The van der Waals surface area contributed by atoms with Crippen LogP contribution >= 0.6 is 0 Å². The summed E-state index contributed by atoms with van der Waals surface area (Å²) in [5.41, 5.74) is 2.62. The molecule has 0 aliphatic heterocycles. The molecule has 5 aromatic rings. The van der Waals surface area contributed by atoms with Gasteiger partial charge < -0.3 is 9.47 Å². The molecule has 0 saturated carbocycles. The van der Waals surface area contributed by atoms with Gasteiger partial charge in [0.2, 0.25) is 5.95 Å². The summed E-state index contributed by atoms with van der Waals surface area (Å²) in [6, 6.07) is 16.8. The number of fused-ring (bicyclic) bond motifs is 1. The lowest BCUT2D eigenvalue weighted by molar-refractivity contribution is 0.411. The number of hydrogen-bond acceptors (Lipinski definition) is 7. The Bertz CT molecular complexity index is 1880. The first-order chi connectivity index (χ1) is 18.7. The van der Waals surface area contributed by atoms with Gasteiger partial charge in [0, 0.05) is 29.9 Å². The molecule has 198 valence electrons. The lowest BCUT2D eigenvalue weighted by Crippen LogP contribution is -2.19. The normalized spacial score (nSPS) is 11.4. The van der Waals surface area contributed by atoms with Crippen molar-refractivity contribution in [3.05, 3.63) is 101 Å². The minimum absolute atomic E-state index is 0.0220. The average Bonchev–Trinajstić information content (AvgIpc) is 2.92. The highest BCUT2D eigenvalue weighted by Gasteiger charge is 2.19. The van der Waals surface area contributed by atoms with Crippen LogP contribution in [0.5, 0.6) is 11.5 Å². The highest BCUT2D eigenvalue weighted by molar-refractivity contribution is 7.92. The van der Waals surface area contributed by atoms with Crippen molar-refractivity contribution >= 4 is 26.9 Å². The Morgan fingerprint density at radius 2 is 1.69 bits per heavy atom. The fraction of sp³-hybridized carbons (Fsp3) is 0.107. The highest BCUT2D eigenvalue weighted by Crippen LogP contribution is 2.35. The summed E-state index contributed by atoms with van der Waals surface area (Å²) in [6.07, 6.45) is 2.85. The molecule has 9 nitrogen and oxygen atoms in total. The molecule has 5 rings (SSSR count). The van der Waals surface area contributed by atoms with Crippen LogP contribution in [0.4, 0.5) is 10.3 Å². The molecule has 39 heavy (non-hydrogen) atoms. The number of halogens is 1. The van der Waals surface area contributed by atoms with E-state index in [1.807, 2.05) is 6.92 Å². The topological polar surface area (TPSA) is 112 Å². The van der Waals surface area contributed by atoms with E-state index in [2.05, 4.69) is 14.7 Å². The Hall–Kier alpha value is -4.77. The average molecular weight is 547 g/mol. The minimum Gasteiger partial charge on any atom is -0.497 e. The first kappa shape index (κ1) is 25.9. The van der Waals surface area contributed by atoms with Crippen molar-refractivity contribution in [3.8, 4) is 28.3 Å². The van der Waals surface area contributed by atoms with Crippen LogP contribution in [0.15, 0.2) is 88.8 Å². The summed E-state index contributed by atoms with van der Waals surface area (Å²) in [6.45, 7) is 1.84. The Morgan fingerprint density at radius 1 is 0.923 bits per heavy atom. The molecule has 0 bridgehead atoms. The second-order valence-corrected chi connectivity index (χ2v) is 10.3. The third-order valence-electron chi connectivity index (χ3n) is 6.15. The van der Waals surface area contributed by atoms with Crippen LogP contribution in [0.2, 0.25) is 0 Å². The third kappa shape index (κ3) is 5.04. The van der Waals surface area contributed by atoms with E-state index in [0.717, 1.165) is 5.56 Å². The zero-order valence-electron chi connectivity index (χ0n) is 21.2. The number of methoxy groups -OCH3 is 2. The molecule has 0 unspecified atom stereocenters. The SMILES string of the molecule is COc1cc(F)cc(-c2cc(OC)c(-n3c(=O)ccc4cc(S(=O)(=O)Nc5ncccn5)ccc43)cc2C)c1. The van der Waals surface area contributed by atoms with E-state index in [4.69, 9.17) is 9.47 Å². The maximum absolute atomic E-state index is 14.2. The van der Waals surface area contributed by atoms with Gasteiger partial charge in [-0.25, -0.2) is 27.5 Å². The Kier molecular flexibility index (Phi) is 6.75. The molecule has 2 heterocycles. The van der Waals surface area contributed by atoms with Crippen molar-refractivity contribution < 1.29 is 22.3 Å². The van der Waals surface area contributed by atoms with Crippen LogP contribution in [0, 0.1) is 12.7 Å². The zero-order chi connectivity index (χ0) is 27.7. The number of nitrogens with zero attached hydrogens (tertiary/aromatic N) is 3. The van der Waals surface area contributed by atoms with Crippen LogP contribution in [0.3, 0.4) is 0 Å². The maximum atomic E-state index is 14.2. The quantitative estimate of drug-likeness (QED) is 0.315. The summed E-state index contributed by atoms with van der Waals surface area (Å²) in [4.78, 5) is 20.9. The number of ether oxygens (including phenoxy) is 2. The molecule has 11 heteroatoms. The molecular weight excluding hydrogens is 523 g/mol. The van der Waals surface area contributed by atoms with Gasteiger partial charge in [0.15, 0.2) is 0 Å². The molecule has 0 radical (unpaired) electrons. The van der Waals surface area contributed by atoms with E-state index in [1.54, 1.807) is 36.4 Å². The van der Waals surface area contributed by atoms with Crippen molar-refractivity contribution in [1.82, 2.24) is 14.5 Å². The number of sulfonamides is 1. The molecule has 0 aliphatic carbocycles. The lowest BCUT2D eigenvalue weighted by atomic mass is 9.98. The van der Waals surface area contributed by atoms with Crippen molar-refractivity contribution in [3.63, 3.8) is 0 Å². The number of hydrogen-bond donors (Lipinski definition) is 1. The van der Waals surface area contributed by atoms with Gasteiger partial charge >= 0.3 is 0 Å². The van der Waals surface area contributed by atoms with Crippen LogP contribution in [0.1, 0.15) is 5.56 Å². The van der Waals surface area contributed by atoms with E-state index in [-0.39, 0.29) is 16.4 Å². The molecule has 2 aromatic heterocycles. The van der Waals surface area contributed by atoms with Gasteiger partial charge in [0.05, 0.1) is 30.3 Å². The van der Waals surface area contributed by atoms with Crippen LogP contribution in [-0.4, -0.2) is 37.2 Å². The molecule has 0 aliphatic rings. The van der Waals surface area contributed by atoms with Gasteiger partial charge in [-0.05, 0) is 78.2 Å². The highest BCUT2D eigenvalue weighted by atomic mass is 32.2. The number of benzene rings is 3. The van der Waals surface area contributed by atoms with Gasteiger partial charge in [-0.15, -0.1) is 0 Å². The van der Waals surface area contributed by atoms with E-state index in [1.165, 1.54) is 61.5 Å². The van der Waals surface area contributed by atoms with Gasteiger partial charge in [0.1, 0.15) is 17.3 Å². The zero-order valence-corrected chi connectivity index (χ0v) is 22.0. The molecule has 0 atom stereocenters. The van der Waals surface area contributed by atoms with Crippen LogP contribution < -0.4 is 19.8 Å². The summed E-state index contributed by atoms with van der Waals surface area (Å²) in [7, 11) is -1.05. The molecule has 0 saturated heterocycles. The standard InChI is InChI=1S/C28H23FN4O5S/c1-17-11-25(26(38-3)16-23(17)19-12-20(29)15-21(13-19)37-2)33-24-7-6-22(14-18(24)5-8-27(33)34)39(35,36)32-28-30-9-4-10-31-28/h4-16H,1-3H3,(H,30,31,32). The number of rotatable bonds is 7. The number of pyridine rings is 1. The number of aryl methyl sites for hydroxylation is 1. The lowest BCUT2D eigenvalue weighted by Gasteiger charge is -2.18. The summed E-state index contributed by atoms with van der Waals surface area (Å²) in [5.74, 6) is 0.236. The van der Waals surface area contributed by atoms with Crippen LogP contribution in [0.25, 0.3) is 27.7 Å². The monoisotopic (exact) mass is 546 g/mol. The van der Waals surface area contributed by atoms with Crippen LogP contribution in [-0.2, 0) is 10.0 Å². The maximum Gasteiger partial charge on any atom is 0.264 e. The molecule has 0 fully saturated rings. The van der Waals surface area contributed by atoms with E-state index in [0.29, 0.717) is 39.2 Å². The summed E-state index contributed by atoms with van der Waals surface area (Å²) >= 11 is 0. The fourth-order valence-corrected chi connectivity index (χ4v) is 5.32. The first-order valence-corrected chi connectivity index (χ1v) is 13.2. The van der Waals surface area contributed by atoms with Crippen molar-refractivity contribution in [1.29, 1.82) is 0 Å². The van der Waals surface area contributed by atoms with Crippen molar-refractivity contribution in [2.75, 3.05) is 18.9 Å². The van der Waals surface area contributed by atoms with Gasteiger partial charge in [0.25, 0.3) is 15.6 Å². The van der Waals surface area contributed by atoms with Crippen molar-refractivity contribution in [2.24, 2.45) is 0 Å². The van der Waals surface area contributed by atoms with E-state index in [9.17, 15) is 17.6 Å². The smallest absolute Gasteiger partial charge is 0.264 e. The molecular formula is C28H23FN4O5S. The molecule has 0 spiro atoms. The number of nitrogens with one attached hydrogen (secondary N) is 1. The molecule has 1 N–H and O–H groups in total. The minimum atomic E-state index is -3.99. The van der Waals surface area contributed by atoms with Gasteiger partial charge in [-0.2, -0.15) is 0 Å². The number of anilines is 1. The van der Waals surface area contributed by atoms with Crippen molar-refractivity contribution in [2.45, 2.75) is 11.8 Å². The largest absolute Gasteiger partial charge is 0.497 e. The fourth-order valence-electron chi connectivity index (χ4n) is 4.33. The molecule has 3 aromatic carbocycles. The van der Waals surface area contributed by atoms with E-state index < -0.39 is 15.8 Å². The second-order valence-electron chi connectivity index (χ2n) is 8.62. The Balaban J connectivity index is 1.63. The van der Waals surface area contributed by atoms with Gasteiger partial charge in [-0.3, -0.25) is 9.36 Å². The van der Waals surface area contributed by atoms with Gasteiger partial charge in [-0.1, -0.05) is 0 Å². The first-order valence-electron chi connectivity index (χ1n) is 11.7.